The van der Waals surface area contributed by atoms with Crippen LogP contribution in [0.15, 0.2) is 95.9 Å². The molecule has 0 saturated carbocycles. The zero-order valence-electron chi connectivity index (χ0n) is 18.2. The highest BCUT2D eigenvalue weighted by atomic mass is 32.1. The maximum Gasteiger partial charge on any atom is 0.124 e. The Morgan fingerprint density at radius 3 is 2.48 bits per heavy atom. The number of anilines is 1. The molecule has 2 atom stereocenters. The topological polar surface area (TPSA) is 16.1 Å². The van der Waals surface area contributed by atoms with Gasteiger partial charge in [-0.15, -0.1) is 11.3 Å². The van der Waals surface area contributed by atoms with Gasteiger partial charge in [0.1, 0.15) is 5.01 Å². The van der Waals surface area contributed by atoms with Gasteiger partial charge in [0.2, 0.25) is 0 Å². The predicted molar refractivity (Wildman–Crippen MR) is 133 cm³/mol. The van der Waals surface area contributed by atoms with E-state index in [2.05, 4.69) is 97.5 Å². The van der Waals surface area contributed by atoms with Gasteiger partial charge in [0.25, 0.3) is 0 Å². The third-order valence-electron chi connectivity index (χ3n) is 6.45. The van der Waals surface area contributed by atoms with Crippen LogP contribution >= 0.6 is 11.3 Å². The Morgan fingerprint density at radius 1 is 1.00 bits per heavy atom. The zero-order valence-corrected chi connectivity index (χ0v) is 19.0. The van der Waals surface area contributed by atoms with Crippen LogP contribution in [-0.2, 0) is 0 Å². The highest BCUT2D eigenvalue weighted by Crippen LogP contribution is 2.37. The molecule has 2 nitrogen and oxygen atoms in total. The van der Waals surface area contributed by atoms with Gasteiger partial charge in [-0.2, -0.15) is 0 Å². The number of benzene rings is 2. The summed E-state index contributed by atoms with van der Waals surface area (Å²) in [5, 5.41) is 3.22. The van der Waals surface area contributed by atoms with Crippen molar-refractivity contribution in [1.29, 1.82) is 0 Å². The lowest BCUT2D eigenvalue weighted by Crippen LogP contribution is -2.19. The lowest BCUT2D eigenvalue weighted by molar-refractivity contribution is 0.588. The number of aromatic nitrogens is 1. The molecule has 2 aliphatic rings. The SMILES string of the molecule is C=C(C1=CC2CN(c3ccc(-c4csc(-c5ccccc5)n4)cc3)CC2C=C1)C(C)C. The van der Waals surface area contributed by atoms with Crippen molar-refractivity contribution >= 4 is 17.0 Å². The molecule has 0 bridgehead atoms. The van der Waals surface area contributed by atoms with Crippen molar-refractivity contribution in [3.05, 3.63) is 95.9 Å². The van der Waals surface area contributed by atoms with Gasteiger partial charge in [0.15, 0.2) is 0 Å². The number of thiazole rings is 1. The van der Waals surface area contributed by atoms with E-state index in [1.807, 2.05) is 6.07 Å². The van der Waals surface area contributed by atoms with Crippen LogP contribution < -0.4 is 4.90 Å². The lowest BCUT2D eigenvalue weighted by atomic mass is 9.84. The van der Waals surface area contributed by atoms with Crippen LogP contribution in [0.2, 0.25) is 0 Å². The number of allylic oxidation sites excluding steroid dienone is 3. The van der Waals surface area contributed by atoms with Gasteiger partial charge >= 0.3 is 0 Å². The minimum atomic E-state index is 0.491. The lowest BCUT2D eigenvalue weighted by Gasteiger charge is -2.20. The Hall–Kier alpha value is -2.91. The molecule has 5 rings (SSSR count). The van der Waals surface area contributed by atoms with Crippen LogP contribution in [0.3, 0.4) is 0 Å². The van der Waals surface area contributed by atoms with Gasteiger partial charge in [-0.1, -0.05) is 81.1 Å². The van der Waals surface area contributed by atoms with Crippen molar-refractivity contribution in [3.63, 3.8) is 0 Å². The second-order valence-corrected chi connectivity index (χ2v) is 9.70. The van der Waals surface area contributed by atoms with Crippen molar-refractivity contribution < 1.29 is 0 Å². The molecule has 0 N–H and O–H groups in total. The Morgan fingerprint density at radius 2 is 1.74 bits per heavy atom. The van der Waals surface area contributed by atoms with E-state index in [1.54, 1.807) is 11.3 Å². The summed E-state index contributed by atoms with van der Waals surface area (Å²) in [5.41, 5.74) is 7.27. The van der Waals surface area contributed by atoms with Gasteiger partial charge in [-0.05, 0) is 29.2 Å². The quantitative estimate of drug-likeness (QED) is 0.429. The molecule has 2 aromatic carbocycles. The van der Waals surface area contributed by atoms with E-state index < -0.39 is 0 Å². The number of hydrogen-bond acceptors (Lipinski definition) is 3. The van der Waals surface area contributed by atoms with Gasteiger partial charge in [-0.25, -0.2) is 4.98 Å². The molecule has 1 fully saturated rings. The molecule has 2 unspecified atom stereocenters. The third-order valence-corrected chi connectivity index (χ3v) is 7.34. The molecular formula is C28H28N2S. The first-order valence-electron chi connectivity index (χ1n) is 11.0. The fraction of sp³-hybridized carbons (Fsp3) is 0.250. The standard InChI is InChI=1S/C28H28N2S/c1-19(2)20(3)23-9-10-24-16-30(17-25(24)15-23)26-13-11-21(12-14-26)27-18-31-28(29-27)22-7-5-4-6-8-22/h4-15,18-19,24-25H,3,16-17H2,1-2H3. The summed E-state index contributed by atoms with van der Waals surface area (Å²) in [7, 11) is 0. The van der Waals surface area contributed by atoms with Gasteiger partial charge < -0.3 is 4.90 Å². The molecule has 1 saturated heterocycles. The summed E-state index contributed by atoms with van der Waals surface area (Å²) in [6.07, 6.45) is 7.12. The average molecular weight is 425 g/mol. The minimum absolute atomic E-state index is 0.491. The molecular weight excluding hydrogens is 396 g/mol. The van der Waals surface area contributed by atoms with E-state index in [-0.39, 0.29) is 0 Å². The number of nitrogens with zero attached hydrogens (tertiary/aromatic N) is 2. The number of fused-ring (bicyclic) bond motifs is 1. The largest absolute Gasteiger partial charge is 0.370 e. The third kappa shape index (κ3) is 4.03. The highest BCUT2D eigenvalue weighted by Gasteiger charge is 2.32. The first-order chi connectivity index (χ1) is 15.1. The maximum atomic E-state index is 4.86. The maximum absolute atomic E-state index is 4.86. The monoisotopic (exact) mass is 424 g/mol. The molecule has 0 radical (unpaired) electrons. The van der Waals surface area contributed by atoms with E-state index in [0.29, 0.717) is 17.8 Å². The summed E-state index contributed by atoms with van der Waals surface area (Å²) in [5.74, 6) is 1.66. The van der Waals surface area contributed by atoms with E-state index in [1.165, 1.54) is 28.0 Å². The second kappa shape index (κ2) is 8.32. The van der Waals surface area contributed by atoms with Gasteiger partial charge in [-0.3, -0.25) is 0 Å². The Kier molecular flexibility index (Phi) is 5.37. The Bertz CT molecular complexity index is 1140. The highest BCUT2D eigenvalue weighted by molar-refractivity contribution is 7.13. The summed E-state index contributed by atoms with van der Waals surface area (Å²) in [6.45, 7) is 10.9. The fourth-order valence-electron chi connectivity index (χ4n) is 4.47. The summed E-state index contributed by atoms with van der Waals surface area (Å²) >= 11 is 1.70. The van der Waals surface area contributed by atoms with Crippen molar-refractivity contribution in [1.82, 2.24) is 4.98 Å². The molecule has 1 aromatic heterocycles. The van der Waals surface area contributed by atoms with Gasteiger partial charge in [0.05, 0.1) is 5.69 Å². The average Bonchev–Trinajstić information content (AvgIpc) is 3.46. The normalized spacial score (nSPS) is 20.1. The molecule has 3 aromatic rings. The molecule has 0 spiro atoms. The molecule has 156 valence electrons. The van der Waals surface area contributed by atoms with E-state index in [4.69, 9.17) is 4.98 Å². The second-order valence-electron chi connectivity index (χ2n) is 8.84. The number of hydrogen-bond donors (Lipinski definition) is 0. The van der Waals surface area contributed by atoms with E-state index >= 15 is 0 Å². The molecule has 1 aliphatic heterocycles. The van der Waals surface area contributed by atoms with E-state index in [9.17, 15) is 0 Å². The minimum Gasteiger partial charge on any atom is -0.370 e. The van der Waals surface area contributed by atoms with Crippen LogP contribution in [0, 0.1) is 17.8 Å². The smallest absolute Gasteiger partial charge is 0.124 e. The van der Waals surface area contributed by atoms with Crippen molar-refractivity contribution in [2.45, 2.75) is 13.8 Å². The summed E-state index contributed by atoms with van der Waals surface area (Å²) in [6, 6.07) is 19.3. The summed E-state index contributed by atoms with van der Waals surface area (Å²) < 4.78 is 0. The predicted octanol–water partition coefficient (Wildman–Crippen LogP) is 7.24. The Balaban J connectivity index is 1.30. The molecule has 3 heteroatoms. The first-order valence-corrected chi connectivity index (χ1v) is 11.9. The van der Waals surface area contributed by atoms with Crippen molar-refractivity contribution in [2.24, 2.45) is 17.8 Å². The fourth-order valence-corrected chi connectivity index (χ4v) is 5.30. The number of rotatable bonds is 5. The van der Waals surface area contributed by atoms with Crippen LogP contribution in [0.25, 0.3) is 21.8 Å². The van der Waals surface area contributed by atoms with Crippen molar-refractivity contribution in [2.75, 3.05) is 18.0 Å². The summed E-state index contributed by atoms with van der Waals surface area (Å²) in [4.78, 5) is 7.37. The van der Waals surface area contributed by atoms with Gasteiger partial charge in [0, 0.05) is 47.1 Å². The molecule has 1 aliphatic carbocycles. The first kappa shape index (κ1) is 20.0. The van der Waals surface area contributed by atoms with Crippen LogP contribution in [0.5, 0.6) is 0 Å². The van der Waals surface area contributed by atoms with Crippen LogP contribution in [0.4, 0.5) is 5.69 Å². The molecule has 0 amide bonds. The van der Waals surface area contributed by atoms with Crippen LogP contribution in [-0.4, -0.2) is 18.1 Å². The Labute approximate surface area is 189 Å². The molecule has 2 heterocycles. The van der Waals surface area contributed by atoms with E-state index in [0.717, 1.165) is 23.8 Å². The van der Waals surface area contributed by atoms with Crippen LogP contribution in [0.1, 0.15) is 13.8 Å². The zero-order chi connectivity index (χ0) is 21.4. The molecule has 31 heavy (non-hydrogen) atoms. The van der Waals surface area contributed by atoms with Crippen molar-refractivity contribution in [3.8, 4) is 21.8 Å².